The third-order valence-corrected chi connectivity index (χ3v) is 6.44. The van der Waals surface area contributed by atoms with Crippen LogP contribution in [0.3, 0.4) is 0 Å². The van der Waals surface area contributed by atoms with Crippen LogP contribution in [0, 0.1) is 0 Å². The number of fused-ring (bicyclic) bond motifs is 1. The van der Waals surface area contributed by atoms with Crippen LogP contribution in [0.5, 0.6) is 0 Å². The van der Waals surface area contributed by atoms with Crippen LogP contribution in [0.1, 0.15) is 28.7 Å². The zero-order chi connectivity index (χ0) is 26.5. The molecule has 1 aromatic heterocycles. The van der Waals surface area contributed by atoms with Gasteiger partial charge in [-0.3, -0.25) is 14.4 Å². The lowest BCUT2D eigenvalue weighted by Gasteiger charge is -2.54. The van der Waals surface area contributed by atoms with E-state index in [0.29, 0.717) is 12.2 Å². The third kappa shape index (κ3) is 5.46. The summed E-state index contributed by atoms with van der Waals surface area (Å²) in [7, 11) is 1.52. The van der Waals surface area contributed by atoms with Crippen LogP contribution in [0.25, 0.3) is 0 Å². The lowest BCUT2D eigenvalue weighted by Crippen LogP contribution is -2.75. The van der Waals surface area contributed by atoms with E-state index in [-0.39, 0.29) is 55.6 Å². The molecular formula is C26H31N7O4. The Bertz CT molecular complexity index is 1190. The van der Waals surface area contributed by atoms with Gasteiger partial charge in [0.15, 0.2) is 0 Å². The van der Waals surface area contributed by atoms with E-state index >= 15 is 0 Å². The highest BCUT2D eigenvalue weighted by molar-refractivity contribution is 5.92. The molecule has 0 spiro atoms. The summed E-state index contributed by atoms with van der Waals surface area (Å²) < 4.78 is 0. The van der Waals surface area contributed by atoms with Crippen molar-refractivity contribution in [2.45, 2.75) is 32.2 Å². The number of urea groups is 1. The number of hydrazine groups is 1. The van der Waals surface area contributed by atoms with Gasteiger partial charge in [0.2, 0.25) is 11.8 Å². The second kappa shape index (κ2) is 11.2. The van der Waals surface area contributed by atoms with Gasteiger partial charge in [-0.1, -0.05) is 42.5 Å². The highest BCUT2D eigenvalue weighted by Crippen LogP contribution is 2.27. The molecule has 2 fully saturated rings. The maximum absolute atomic E-state index is 13.5. The number of rotatable bonds is 7. The van der Waals surface area contributed by atoms with Crippen LogP contribution >= 0.6 is 0 Å². The minimum Gasteiger partial charge on any atom is -0.354 e. The number of carbonyl (C=O) groups is 4. The summed E-state index contributed by atoms with van der Waals surface area (Å²) in [6, 6.07) is 13.4. The minimum atomic E-state index is -0.774. The van der Waals surface area contributed by atoms with Crippen LogP contribution in [0.4, 0.5) is 4.79 Å². The van der Waals surface area contributed by atoms with E-state index in [4.69, 9.17) is 0 Å². The Balaban J connectivity index is 1.59. The second-order valence-corrected chi connectivity index (χ2v) is 8.89. The zero-order valence-corrected chi connectivity index (χ0v) is 21.0. The molecule has 4 rings (SSSR count). The summed E-state index contributed by atoms with van der Waals surface area (Å²) in [6.45, 7) is 6.20. The van der Waals surface area contributed by atoms with Crippen LogP contribution < -0.4 is 10.6 Å². The summed E-state index contributed by atoms with van der Waals surface area (Å²) in [5.41, 5.74) is 1.71. The number of hydrogen-bond donors (Lipinski definition) is 2. The molecule has 2 aliphatic heterocycles. The largest absolute Gasteiger partial charge is 0.354 e. The van der Waals surface area contributed by atoms with Crippen molar-refractivity contribution in [3.63, 3.8) is 0 Å². The van der Waals surface area contributed by atoms with Gasteiger partial charge in [0, 0.05) is 20.1 Å². The van der Waals surface area contributed by atoms with Crippen molar-refractivity contribution in [2.24, 2.45) is 0 Å². The van der Waals surface area contributed by atoms with Gasteiger partial charge < -0.3 is 20.4 Å². The van der Waals surface area contributed by atoms with Crippen molar-refractivity contribution < 1.29 is 19.2 Å². The number of amides is 5. The van der Waals surface area contributed by atoms with Gasteiger partial charge in [0.05, 0.1) is 25.3 Å². The molecule has 2 atom stereocenters. The molecule has 0 radical (unpaired) electrons. The first-order valence-electron chi connectivity index (χ1n) is 12.1. The number of carbonyl (C=O) groups excluding carboxylic acids is 4. The minimum absolute atomic E-state index is 0.0470. The molecule has 0 bridgehead atoms. The van der Waals surface area contributed by atoms with Crippen molar-refractivity contribution in [1.82, 2.24) is 35.4 Å². The predicted molar refractivity (Wildman–Crippen MR) is 135 cm³/mol. The summed E-state index contributed by atoms with van der Waals surface area (Å²) in [5, 5.41) is 8.62. The molecule has 0 aliphatic carbocycles. The number of aromatic nitrogens is 1. The zero-order valence-electron chi connectivity index (χ0n) is 21.0. The number of piperazine rings is 1. The van der Waals surface area contributed by atoms with E-state index in [1.165, 1.54) is 17.0 Å². The number of benzene rings is 1. The highest BCUT2D eigenvalue weighted by Gasteiger charge is 2.49. The average Bonchev–Trinajstić information content (AvgIpc) is 2.90. The van der Waals surface area contributed by atoms with Gasteiger partial charge in [0.1, 0.15) is 17.9 Å². The fourth-order valence-corrected chi connectivity index (χ4v) is 4.68. The lowest BCUT2D eigenvalue weighted by atomic mass is 10.1. The van der Waals surface area contributed by atoms with Crippen molar-refractivity contribution in [1.29, 1.82) is 0 Å². The first-order valence-corrected chi connectivity index (χ1v) is 12.1. The molecule has 11 nitrogen and oxygen atoms in total. The van der Waals surface area contributed by atoms with Gasteiger partial charge in [-0.15, -0.1) is 6.58 Å². The van der Waals surface area contributed by atoms with Gasteiger partial charge in [-0.25, -0.2) is 19.8 Å². The van der Waals surface area contributed by atoms with Crippen molar-refractivity contribution in [3.8, 4) is 0 Å². The molecule has 37 heavy (non-hydrogen) atoms. The lowest BCUT2D eigenvalue weighted by molar-refractivity contribution is -0.188. The molecule has 2 aliphatic rings. The Morgan fingerprint density at radius 2 is 1.89 bits per heavy atom. The normalized spacial score (nSPS) is 19.9. The van der Waals surface area contributed by atoms with Crippen molar-refractivity contribution in [3.05, 3.63) is 78.1 Å². The fourth-order valence-electron chi connectivity index (χ4n) is 4.68. The molecule has 0 saturated carbocycles. The van der Waals surface area contributed by atoms with Crippen LogP contribution in [0.2, 0.25) is 0 Å². The Hall–Kier alpha value is -4.25. The number of hydrogen-bond acceptors (Lipinski definition) is 6. The number of pyridine rings is 1. The summed E-state index contributed by atoms with van der Waals surface area (Å²) in [5.74, 6) is -0.816. The smallest absolute Gasteiger partial charge is 0.334 e. The highest BCUT2D eigenvalue weighted by atomic mass is 16.2. The average molecular weight is 506 g/mol. The molecule has 194 valence electrons. The molecule has 2 aromatic rings. The maximum Gasteiger partial charge on any atom is 0.334 e. The van der Waals surface area contributed by atoms with Gasteiger partial charge in [-0.2, -0.15) is 0 Å². The Morgan fingerprint density at radius 3 is 2.59 bits per heavy atom. The standard InChI is InChI=1S/C26H31N7O4/c1-4-13-31-17-23(34)32-18(2)25(36)30(15-20-11-8-12-21(29-20)24(35)27-3)16-22(32)33(31)26(37)28-14-19-9-6-5-7-10-19/h4-12,18,22H,1,13-17H2,2-3H3,(H,27,35)(H,28,37)/t18-,22-/m0/s1. The quantitative estimate of drug-likeness (QED) is 0.541. The van der Waals surface area contributed by atoms with E-state index in [9.17, 15) is 19.2 Å². The molecule has 3 heterocycles. The summed E-state index contributed by atoms with van der Waals surface area (Å²) in [6.07, 6.45) is 0.913. The Labute approximate surface area is 215 Å². The topological polar surface area (TPSA) is 118 Å². The monoisotopic (exact) mass is 505 g/mol. The SMILES string of the molecule is C=CCN1CC(=O)N2[C@@H](C)C(=O)N(Cc3cccc(C(=O)NC)n3)C[C@@H]2N1C(=O)NCc1ccccc1. The molecule has 2 saturated heterocycles. The van der Waals surface area contributed by atoms with E-state index in [2.05, 4.69) is 22.2 Å². The van der Waals surface area contributed by atoms with Crippen molar-refractivity contribution >= 4 is 23.8 Å². The van der Waals surface area contributed by atoms with E-state index in [1.807, 2.05) is 30.3 Å². The molecule has 11 heteroatoms. The predicted octanol–water partition coefficient (Wildman–Crippen LogP) is 0.955. The molecule has 2 N–H and O–H groups in total. The van der Waals surface area contributed by atoms with Crippen molar-refractivity contribution in [2.75, 3.05) is 26.7 Å². The second-order valence-electron chi connectivity index (χ2n) is 8.89. The van der Waals surface area contributed by atoms with Crippen LogP contribution in [0.15, 0.2) is 61.2 Å². The van der Waals surface area contributed by atoms with Gasteiger partial charge in [-0.05, 0) is 24.6 Å². The molecule has 0 unspecified atom stereocenters. The number of nitrogens with one attached hydrogen (secondary N) is 2. The Morgan fingerprint density at radius 1 is 1.14 bits per heavy atom. The van der Waals surface area contributed by atoms with Crippen LogP contribution in [-0.4, -0.2) is 87.4 Å². The molecule has 5 amide bonds. The van der Waals surface area contributed by atoms with E-state index in [0.717, 1.165) is 5.56 Å². The maximum atomic E-state index is 13.5. The van der Waals surface area contributed by atoms with Gasteiger partial charge in [0.25, 0.3) is 5.91 Å². The summed E-state index contributed by atoms with van der Waals surface area (Å²) in [4.78, 5) is 59.3. The van der Waals surface area contributed by atoms with E-state index in [1.54, 1.807) is 41.1 Å². The number of nitrogens with zero attached hydrogens (tertiary/aromatic N) is 5. The van der Waals surface area contributed by atoms with Crippen LogP contribution in [-0.2, 0) is 22.7 Å². The Kier molecular flexibility index (Phi) is 7.83. The molecular weight excluding hydrogens is 474 g/mol. The van der Waals surface area contributed by atoms with E-state index < -0.39 is 12.2 Å². The fraction of sp³-hybridized carbons (Fsp3) is 0.346. The first-order chi connectivity index (χ1) is 17.8. The molecule has 1 aromatic carbocycles. The third-order valence-electron chi connectivity index (χ3n) is 6.44. The van der Waals surface area contributed by atoms with Gasteiger partial charge >= 0.3 is 6.03 Å². The first kappa shape index (κ1) is 25.8. The summed E-state index contributed by atoms with van der Waals surface area (Å²) >= 11 is 0.